The van der Waals surface area contributed by atoms with E-state index in [0.29, 0.717) is 0 Å². The van der Waals surface area contributed by atoms with E-state index in [4.69, 9.17) is 0 Å². The van der Waals surface area contributed by atoms with Gasteiger partial charge in [-0.15, -0.1) is 18.3 Å². The maximum absolute atomic E-state index is 9.58. The van der Waals surface area contributed by atoms with Gasteiger partial charge in [0, 0.05) is 117 Å². The molecule has 0 saturated heterocycles. The molecule has 27 nitrogen and oxygen atoms in total. The Morgan fingerprint density at radius 1 is 0.304 bits per heavy atom. The van der Waals surface area contributed by atoms with Gasteiger partial charge in [-0.3, -0.25) is 0 Å². The maximum atomic E-state index is 9.58. The minimum atomic E-state index is -1.12. The van der Waals surface area contributed by atoms with Crippen LogP contribution >= 0.6 is 0 Å². The van der Waals surface area contributed by atoms with E-state index in [1.807, 2.05) is 152 Å². The topological polar surface area (TPSA) is 384 Å². The summed E-state index contributed by atoms with van der Waals surface area (Å²) >= 11 is 0. The number of hydrogen-bond acceptors (Lipinski definition) is 15. The second kappa shape index (κ2) is 38.5. The van der Waals surface area contributed by atoms with Crippen LogP contribution in [0.1, 0.15) is 20.8 Å². The molecule has 69 heavy (non-hydrogen) atoms. The van der Waals surface area contributed by atoms with Gasteiger partial charge in [0.05, 0.1) is 0 Å². The first-order valence-corrected chi connectivity index (χ1v) is 19.8. The molecule has 381 valence electrons. The van der Waals surface area contributed by atoms with Crippen LogP contribution < -0.4 is 30.6 Å². The molecule has 0 aromatic carbocycles. The van der Waals surface area contributed by atoms with Gasteiger partial charge in [-0.05, 0) is 110 Å². The van der Waals surface area contributed by atoms with Gasteiger partial charge in [0.15, 0.2) is 0 Å². The van der Waals surface area contributed by atoms with E-state index in [1.165, 1.54) is 20.8 Å². The summed E-state index contributed by atoms with van der Waals surface area (Å²) in [6.07, 6.45) is 30.3. The van der Waals surface area contributed by atoms with E-state index < -0.39 is 59.5 Å². The molecule has 0 aliphatic rings. The Balaban J connectivity index is -0.000000796. The van der Waals surface area contributed by atoms with Gasteiger partial charge in [-0.2, -0.15) is 19.8 Å². The fourth-order valence-electron chi connectivity index (χ4n) is 5.55. The van der Waals surface area contributed by atoms with Gasteiger partial charge in [0.25, 0.3) is 0 Å². The Bertz CT molecular complexity index is 1830. The zero-order valence-electron chi connectivity index (χ0n) is 37.4. The fraction of sp³-hybridized carbons (Fsp3) is 0.250. The van der Waals surface area contributed by atoms with Crippen molar-refractivity contribution in [3.8, 4) is 0 Å². The van der Waals surface area contributed by atoms with Crippen LogP contribution in [0.5, 0.6) is 0 Å². The van der Waals surface area contributed by atoms with Crippen molar-refractivity contribution in [2.75, 3.05) is 19.8 Å². The molecule has 0 spiro atoms. The van der Waals surface area contributed by atoms with Crippen molar-refractivity contribution < 1.29 is 108 Å². The van der Waals surface area contributed by atoms with Crippen molar-refractivity contribution in [2.24, 2.45) is 0 Å². The summed E-state index contributed by atoms with van der Waals surface area (Å²) in [5, 5.41) is 95.0. The van der Waals surface area contributed by atoms with Gasteiger partial charge in [0.2, 0.25) is 0 Å². The summed E-state index contributed by atoms with van der Waals surface area (Å²) in [5.74, 6) is 0. The summed E-state index contributed by atoms with van der Waals surface area (Å²) in [5.41, 5.74) is 0. The second-order valence-corrected chi connectivity index (χ2v) is 13.6. The van der Waals surface area contributed by atoms with Crippen LogP contribution in [0.3, 0.4) is 0 Å². The predicted octanol–water partition coefficient (Wildman–Crippen LogP) is -6.26. The largest absolute Gasteiger partial charge is 2.00 e. The SMILES string of the molecule is C[C@@H]([O-])C[O-].C[C@@H]([O-])C[O-].C[C@@H]([O-])C[O-].[O-2].[O-2].[O-2].[Re].[Re].[Re].c1cnn([BH-](n2cccn2)n2cccn2)c1.c1cnn([BH-](n2cccn2)n2cccn2)c1.c1cnn([BH-](n2cccn2)n2cccn2)c1. The molecule has 9 rings (SSSR count). The third kappa shape index (κ3) is 23.2. The predicted molar refractivity (Wildman–Crippen MR) is 225 cm³/mol. The summed E-state index contributed by atoms with van der Waals surface area (Å²) in [6, 6.07) is 17.1. The second-order valence-electron chi connectivity index (χ2n) is 13.6. The number of hydrogen-bond donors (Lipinski definition) is 0. The molecule has 9 aromatic heterocycles. The molecule has 0 aliphatic carbocycles. The van der Waals surface area contributed by atoms with Gasteiger partial charge in [-0.25, -0.2) is 45.9 Å². The number of rotatable bonds is 12. The van der Waals surface area contributed by atoms with E-state index in [1.54, 1.807) is 55.8 Å². The van der Waals surface area contributed by atoms with Gasteiger partial charge in [0.1, 0.15) is 0 Å². The maximum Gasteiger partial charge on any atom is 0.325 e. The Labute approximate surface area is 439 Å². The standard InChI is InChI=1S/3C9H10BN6.3C3H6O2.3O.3Re/c3*1-4-11-14(7-1)10(15-8-2-5-12-15)16-9-3-6-13-16;3*1-3(5)2-4;;;;;;/h3*1-10H;3*3H,2H2,1H3;;;;;;/q3*-1;6*-2;;;/t;;;3*3-;;;;;;/m...111....../s1. The molecule has 33 heteroatoms. The molecule has 0 saturated carbocycles. The van der Waals surface area contributed by atoms with Crippen LogP contribution in [0.25, 0.3) is 0 Å². The van der Waals surface area contributed by atoms with E-state index in [2.05, 4.69) is 45.9 Å². The molecule has 9 heterocycles. The Morgan fingerprint density at radius 2 is 0.406 bits per heavy atom. The van der Waals surface area contributed by atoms with Crippen LogP contribution in [0.15, 0.2) is 166 Å². The monoisotopic (exact) mass is 1470 g/mol. The van der Waals surface area contributed by atoms with Crippen LogP contribution in [0.4, 0.5) is 0 Å². The Morgan fingerprint density at radius 3 is 0.464 bits per heavy atom. The summed E-state index contributed by atoms with van der Waals surface area (Å²) in [7, 11) is -3.38. The Hall–Kier alpha value is -5.29. The quantitative estimate of drug-likeness (QED) is 0.103. The first-order valence-electron chi connectivity index (χ1n) is 19.8. The summed E-state index contributed by atoms with van der Waals surface area (Å²) in [6.45, 7) is 2.56. The third-order valence-electron chi connectivity index (χ3n) is 8.34. The molecule has 0 N–H and O–H groups in total. The first-order chi connectivity index (χ1) is 30.7. The number of aromatic nitrogens is 18. The van der Waals surface area contributed by atoms with E-state index in [-0.39, 0.29) is 77.7 Å². The summed E-state index contributed by atoms with van der Waals surface area (Å²) < 4.78 is 16.9. The first kappa shape index (κ1) is 68.0. The fourth-order valence-corrected chi connectivity index (χ4v) is 5.55. The van der Waals surface area contributed by atoms with E-state index in [0.717, 1.165) is 0 Å². The minimum Gasteiger partial charge on any atom is -2.00 e. The molecule has 0 aliphatic heterocycles. The van der Waals surface area contributed by atoms with Crippen LogP contribution in [0, 0.1) is 0 Å². The molecule has 3 radical (unpaired) electrons. The zero-order valence-corrected chi connectivity index (χ0v) is 45.6. The van der Waals surface area contributed by atoms with Crippen molar-refractivity contribution in [1.29, 1.82) is 0 Å². The molecule has 9 aromatic rings. The molecule has 3 atom stereocenters. The smallest absolute Gasteiger partial charge is 0.325 e. The van der Waals surface area contributed by atoms with Crippen molar-refractivity contribution in [1.82, 2.24) is 87.2 Å². The Kier molecular flexibility index (Phi) is 38.0. The molecular formula is C36H48B3N18O9Re3-15. The normalized spacial score (nSPS) is 11.0. The third-order valence-corrected chi connectivity index (χ3v) is 8.34. The molecular weight excluding hydrogens is 1420 g/mol. The van der Waals surface area contributed by atoms with Crippen LogP contribution in [0.2, 0.25) is 0 Å². The van der Waals surface area contributed by atoms with Gasteiger partial charge in [-0.1, -0.05) is 20.8 Å². The van der Waals surface area contributed by atoms with Crippen molar-refractivity contribution >= 4 is 21.4 Å². The average Bonchev–Trinajstić information content (AvgIpc) is 4.16. The minimum absolute atomic E-state index is 0. The van der Waals surface area contributed by atoms with E-state index in [9.17, 15) is 30.6 Å². The average molecular weight is 1470 g/mol. The van der Waals surface area contributed by atoms with Crippen LogP contribution in [-0.4, -0.2) is 147 Å². The molecule has 0 unspecified atom stereocenters. The van der Waals surface area contributed by atoms with Crippen molar-refractivity contribution in [3.05, 3.63) is 166 Å². The van der Waals surface area contributed by atoms with Gasteiger partial charge < -0.3 is 88.4 Å². The van der Waals surface area contributed by atoms with E-state index >= 15 is 0 Å². The number of nitrogens with zero attached hydrogens (tertiary/aromatic N) is 18. The molecule has 0 amide bonds. The van der Waals surface area contributed by atoms with Crippen molar-refractivity contribution in [3.63, 3.8) is 0 Å². The van der Waals surface area contributed by atoms with Crippen LogP contribution in [-0.2, 0) is 77.7 Å². The molecule has 0 fully saturated rings. The molecule has 0 bridgehead atoms. The zero-order chi connectivity index (χ0) is 45.2. The van der Waals surface area contributed by atoms with Gasteiger partial charge >= 0.3 is 21.4 Å². The summed E-state index contributed by atoms with van der Waals surface area (Å²) in [4.78, 5) is 0. The van der Waals surface area contributed by atoms with Crippen molar-refractivity contribution in [2.45, 2.75) is 39.1 Å².